The molecule has 28 heavy (non-hydrogen) atoms. The molecule has 0 saturated carbocycles. The fraction of sp³-hybridized carbons (Fsp3) is 0.611. The highest BCUT2D eigenvalue weighted by Crippen LogP contribution is 2.26. The van der Waals surface area contributed by atoms with Crippen LogP contribution in [0.5, 0.6) is 0 Å². The summed E-state index contributed by atoms with van der Waals surface area (Å²) in [6.45, 7) is 6.96. The molecule has 0 spiro atoms. The van der Waals surface area contributed by atoms with Crippen molar-refractivity contribution in [1.29, 1.82) is 0 Å². The van der Waals surface area contributed by atoms with Gasteiger partial charge >= 0.3 is 0 Å². The van der Waals surface area contributed by atoms with E-state index in [0.29, 0.717) is 25.1 Å². The molecule has 2 aromatic heterocycles. The lowest BCUT2D eigenvalue weighted by Crippen LogP contribution is -2.46. The lowest BCUT2D eigenvalue weighted by atomic mass is 9.98. The van der Waals surface area contributed by atoms with E-state index in [1.54, 1.807) is 24.9 Å². The number of nitrogens with zero attached hydrogens (tertiary/aromatic N) is 5. The zero-order chi connectivity index (χ0) is 20.5. The maximum atomic E-state index is 13.0. The molecular weight excluding hydrogens is 380 g/mol. The number of nitrogens with one attached hydrogen (secondary N) is 1. The largest absolute Gasteiger partial charge is 0.348 e. The molecule has 10 heteroatoms. The maximum absolute atomic E-state index is 13.0. The second kappa shape index (κ2) is 8.04. The first-order chi connectivity index (χ1) is 13.3. The van der Waals surface area contributed by atoms with E-state index in [1.807, 2.05) is 24.6 Å². The van der Waals surface area contributed by atoms with Gasteiger partial charge in [-0.2, -0.15) is 14.5 Å². The van der Waals surface area contributed by atoms with Gasteiger partial charge in [0.15, 0.2) is 0 Å². The Labute approximate surface area is 165 Å². The lowest BCUT2D eigenvalue weighted by Gasteiger charge is -2.31. The smallest absolute Gasteiger partial charge is 0.246 e. The average Bonchev–Trinajstić information content (AvgIpc) is 3.29. The number of sulfonamides is 1. The van der Waals surface area contributed by atoms with Gasteiger partial charge in [-0.15, -0.1) is 0 Å². The molecule has 9 nitrogen and oxygen atoms in total. The minimum absolute atomic E-state index is 0.126. The Morgan fingerprint density at radius 1 is 1.39 bits per heavy atom. The van der Waals surface area contributed by atoms with Gasteiger partial charge in [0.1, 0.15) is 4.90 Å². The van der Waals surface area contributed by atoms with E-state index in [9.17, 15) is 13.2 Å². The van der Waals surface area contributed by atoms with E-state index >= 15 is 0 Å². The minimum Gasteiger partial charge on any atom is -0.348 e. The molecule has 0 radical (unpaired) electrons. The molecule has 1 N–H and O–H groups in total. The topological polar surface area (TPSA) is 102 Å². The predicted molar refractivity (Wildman–Crippen MR) is 104 cm³/mol. The van der Waals surface area contributed by atoms with Crippen molar-refractivity contribution in [2.24, 2.45) is 13.0 Å². The second-order valence-corrected chi connectivity index (χ2v) is 9.13. The Hall–Kier alpha value is -2.20. The number of hydrogen-bond donors (Lipinski definition) is 1. The minimum atomic E-state index is -3.66. The van der Waals surface area contributed by atoms with Crippen LogP contribution < -0.4 is 5.32 Å². The zero-order valence-electron chi connectivity index (χ0n) is 16.8. The number of amides is 1. The van der Waals surface area contributed by atoms with Crippen LogP contribution in [0.2, 0.25) is 0 Å². The molecule has 1 aliphatic heterocycles. The molecule has 1 aliphatic rings. The summed E-state index contributed by atoms with van der Waals surface area (Å²) in [4.78, 5) is 13.0. The van der Waals surface area contributed by atoms with Crippen molar-refractivity contribution in [3.63, 3.8) is 0 Å². The van der Waals surface area contributed by atoms with E-state index in [-0.39, 0.29) is 29.3 Å². The molecule has 2 aromatic rings. The summed E-state index contributed by atoms with van der Waals surface area (Å²) in [7, 11) is -1.95. The number of carbonyl (C=O) groups is 1. The molecule has 154 valence electrons. The maximum Gasteiger partial charge on any atom is 0.246 e. The van der Waals surface area contributed by atoms with Gasteiger partial charge in [-0.1, -0.05) is 0 Å². The SMILES string of the molecule is CCn1nccc1[C@H](C)NC(=O)[C@@H]1CCCN(S(=O)(=O)c2cnn(C)c2C)C1. The van der Waals surface area contributed by atoms with Gasteiger partial charge in [0.2, 0.25) is 15.9 Å². The number of aryl methyl sites for hydroxylation is 2. The first-order valence-corrected chi connectivity index (χ1v) is 11.0. The molecule has 0 bridgehead atoms. The van der Waals surface area contributed by atoms with E-state index in [1.165, 1.54) is 10.5 Å². The first-order valence-electron chi connectivity index (χ1n) is 9.56. The van der Waals surface area contributed by atoms with Crippen LogP contribution in [0.4, 0.5) is 0 Å². The van der Waals surface area contributed by atoms with Crippen LogP contribution in [0.1, 0.15) is 44.1 Å². The van der Waals surface area contributed by atoms with Gasteiger partial charge < -0.3 is 5.32 Å². The number of rotatable bonds is 6. The molecule has 2 atom stereocenters. The fourth-order valence-electron chi connectivity index (χ4n) is 3.63. The number of aromatic nitrogens is 4. The van der Waals surface area contributed by atoms with Crippen LogP contribution in [-0.2, 0) is 28.4 Å². The van der Waals surface area contributed by atoms with Crippen LogP contribution in [0.25, 0.3) is 0 Å². The van der Waals surface area contributed by atoms with Gasteiger partial charge in [-0.3, -0.25) is 14.2 Å². The molecule has 0 unspecified atom stereocenters. The van der Waals surface area contributed by atoms with Gasteiger partial charge in [-0.25, -0.2) is 8.42 Å². The van der Waals surface area contributed by atoms with Crippen LogP contribution in [0, 0.1) is 12.8 Å². The quantitative estimate of drug-likeness (QED) is 0.774. The lowest BCUT2D eigenvalue weighted by molar-refractivity contribution is -0.126. The highest BCUT2D eigenvalue weighted by molar-refractivity contribution is 7.89. The highest BCUT2D eigenvalue weighted by atomic mass is 32.2. The van der Waals surface area contributed by atoms with Gasteiger partial charge in [0.25, 0.3) is 0 Å². The van der Waals surface area contributed by atoms with E-state index in [2.05, 4.69) is 15.5 Å². The zero-order valence-corrected chi connectivity index (χ0v) is 17.6. The van der Waals surface area contributed by atoms with Crippen molar-refractivity contribution >= 4 is 15.9 Å². The molecule has 0 aliphatic carbocycles. The van der Waals surface area contributed by atoms with Crippen molar-refractivity contribution in [2.75, 3.05) is 13.1 Å². The molecular formula is C18H28N6O3S. The van der Waals surface area contributed by atoms with Crippen molar-refractivity contribution in [3.05, 3.63) is 29.8 Å². The second-order valence-electron chi connectivity index (χ2n) is 7.22. The Balaban J connectivity index is 1.70. The van der Waals surface area contributed by atoms with Crippen molar-refractivity contribution in [3.8, 4) is 0 Å². The molecule has 3 rings (SSSR count). The van der Waals surface area contributed by atoms with Crippen LogP contribution >= 0.6 is 0 Å². The summed E-state index contributed by atoms with van der Waals surface area (Å²) in [5, 5.41) is 11.3. The van der Waals surface area contributed by atoms with Gasteiger partial charge in [0, 0.05) is 32.9 Å². The average molecular weight is 409 g/mol. The van der Waals surface area contributed by atoms with Crippen LogP contribution in [0.15, 0.2) is 23.4 Å². The van der Waals surface area contributed by atoms with Gasteiger partial charge in [-0.05, 0) is 39.7 Å². The number of piperidine rings is 1. The fourth-order valence-corrected chi connectivity index (χ4v) is 5.34. The van der Waals surface area contributed by atoms with Crippen molar-refractivity contribution < 1.29 is 13.2 Å². The third kappa shape index (κ3) is 3.83. The normalized spacial score (nSPS) is 19.5. The summed E-state index contributed by atoms with van der Waals surface area (Å²) in [6.07, 6.45) is 4.41. The van der Waals surface area contributed by atoms with Crippen LogP contribution in [-0.4, -0.2) is 51.3 Å². The first kappa shape index (κ1) is 20.5. The van der Waals surface area contributed by atoms with E-state index < -0.39 is 10.0 Å². The van der Waals surface area contributed by atoms with E-state index in [0.717, 1.165) is 12.2 Å². The Bertz CT molecular complexity index is 948. The van der Waals surface area contributed by atoms with Crippen LogP contribution in [0.3, 0.4) is 0 Å². The number of carbonyl (C=O) groups excluding carboxylic acids is 1. The van der Waals surface area contributed by atoms with Crippen molar-refractivity contribution in [1.82, 2.24) is 29.2 Å². The summed E-state index contributed by atoms with van der Waals surface area (Å²) in [5.41, 5.74) is 1.52. The summed E-state index contributed by atoms with van der Waals surface area (Å²) in [6, 6.07) is 1.69. The van der Waals surface area contributed by atoms with Crippen molar-refractivity contribution in [2.45, 2.75) is 51.1 Å². The standard InChI is InChI=1S/C18H28N6O3S/c1-5-24-16(8-9-19-24)13(2)21-18(25)15-7-6-10-23(12-15)28(26,27)17-11-20-22(4)14(17)3/h8-9,11,13,15H,5-7,10,12H2,1-4H3,(H,21,25)/t13-,15+/m0/s1. The molecule has 1 amide bonds. The highest BCUT2D eigenvalue weighted by Gasteiger charge is 2.35. The molecule has 1 saturated heterocycles. The monoisotopic (exact) mass is 408 g/mol. The summed E-state index contributed by atoms with van der Waals surface area (Å²) in [5.74, 6) is -0.500. The number of hydrogen-bond acceptors (Lipinski definition) is 5. The molecule has 3 heterocycles. The third-order valence-electron chi connectivity index (χ3n) is 5.41. The Morgan fingerprint density at radius 3 is 2.79 bits per heavy atom. The van der Waals surface area contributed by atoms with Gasteiger partial charge in [0.05, 0.1) is 29.5 Å². The Kier molecular flexibility index (Phi) is 5.90. The summed E-state index contributed by atoms with van der Waals surface area (Å²) < 4.78 is 30.8. The van der Waals surface area contributed by atoms with E-state index in [4.69, 9.17) is 0 Å². The molecule has 0 aromatic carbocycles. The predicted octanol–water partition coefficient (Wildman–Crippen LogP) is 1.22. The molecule has 1 fully saturated rings. The third-order valence-corrected chi connectivity index (χ3v) is 7.38. The Morgan fingerprint density at radius 2 is 2.14 bits per heavy atom. The summed E-state index contributed by atoms with van der Waals surface area (Å²) >= 11 is 0.